The monoisotopic (exact) mass is 496 g/mol. The second kappa shape index (κ2) is 18.3. The third kappa shape index (κ3) is 11.6. The van der Waals surface area contributed by atoms with Crippen molar-refractivity contribution in [1.82, 2.24) is 0 Å². The highest BCUT2D eigenvalue weighted by Gasteiger charge is 2.24. The predicted molar refractivity (Wildman–Crippen MR) is 158 cm³/mol. The number of unbranched alkanes of at least 4 members (excludes halogenated alkanes) is 5. The molecule has 0 spiro atoms. The first kappa shape index (κ1) is 29.6. The number of aryl methyl sites for hydroxylation is 1. The molecule has 0 N–H and O–H groups in total. The summed E-state index contributed by atoms with van der Waals surface area (Å²) in [5.74, 6) is 5.09. The molecule has 0 aromatic heterocycles. The van der Waals surface area contributed by atoms with Crippen molar-refractivity contribution in [2.45, 2.75) is 155 Å². The summed E-state index contributed by atoms with van der Waals surface area (Å²) in [6.45, 7) is 5.53. The number of ether oxygens (including phenoxy) is 1. The van der Waals surface area contributed by atoms with Crippen LogP contribution in [-0.4, -0.2) is 6.61 Å². The molecule has 0 amide bonds. The molecule has 2 atom stereocenters. The van der Waals surface area contributed by atoms with Crippen LogP contribution in [0.3, 0.4) is 0 Å². The first-order valence-corrected chi connectivity index (χ1v) is 16.5. The first-order valence-electron chi connectivity index (χ1n) is 16.5. The molecule has 2 unspecified atom stereocenters. The minimum absolute atomic E-state index is 0.887. The van der Waals surface area contributed by atoms with Crippen LogP contribution in [-0.2, 0) is 6.42 Å². The molecule has 36 heavy (non-hydrogen) atoms. The highest BCUT2D eigenvalue weighted by Crippen LogP contribution is 2.37. The van der Waals surface area contributed by atoms with E-state index in [0.29, 0.717) is 0 Å². The van der Waals surface area contributed by atoms with Crippen molar-refractivity contribution in [1.29, 1.82) is 0 Å². The van der Waals surface area contributed by atoms with Gasteiger partial charge in [-0.1, -0.05) is 142 Å². The SMILES string of the molecule is CCCCCC1CCC(CCCCc2ccc(OCCCC3CCCCC3CCCCC)cc2)CC1. The van der Waals surface area contributed by atoms with Gasteiger partial charge >= 0.3 is 0 Å². The Balaban J connectivity index is 1.22. The molecular formula is C35H60O. The average Bonchev–Trinajstić information content (AvgIpc) is 2.92. The Hall–Kier alpha value is -0.980. The van der Waals surface area contributed by atoms with Crippen molar-refractivity contribution in [3.63, 3.8) is 0 Å². The molecule has 2 saturated carbocycles. The molecule has 2 aliphatic rings. The van der Waals surface area contributed by atoms with Crippen molar-refractivity contribution in [3.8, 4) is 5.75 Å². The van der Waals surface area contributed by atoms with E-state index in [1.807, 2.05) is 0 Å². The summed E-state index contributed by atoms with van der Waals surface area (Å²) in [4.78, 5) is 0. The summed E-state index contributed by atoms with van der Waals surface area (Å²) in [5.41, 5.74) is 1.49. The Kier molecular flexibility index (Phi) is 15.0. The fraction of sp³-hybridized carbons (Fsp3) is 0.829. The van der Waals surface area contributed by atoms with Gasteiger partial charge in [-0.3, -0.25) is 0 Å². The van der Waals surface area contributed by atoms with Crippen LogP contribution in [0, 0.1) is 23.7 Å². The highest BCUT2D eigenvalue weighted by molar-refractivity contribution is 5.27. The van der Waals surface area contributed by atoms with Crippen molar-refractivity contribution in [2.75, 3.05) is 6.61 Å². The maximum Gasteiger partial charge on any atom is 0.119 e. The van der Waals surface area contributed by atoms with Gasteiger partial charge in [-0.05, 0) is 67.1 Å². The Labute approximate surface area is 225 Å². The lowest BCUT2D eigenvalue weighted by Crippen LogP contribution is -2.20. The maximum atomic E-state index is 6.13. The number of rotatable bonds is 18. The zero-order valence-electron chi connectivity index (χ0n) is 24.3. The van der Waals surface area contributed by atoms with Crippen LogP contribution in [0.25, 0.3) is 0 Å². The quantitative estimate of drug-likeness (QED) is 0.184. The molecule has 1 nitrogen and oxygen atoms in total. The summed E-state index contributed by atoms with van der Waals surface area (Å²) < 4.78 is 6.13. The molecular weight excluding hydrogens is 436 g/mol. The summed E-state index contributed by atoms with van der Waals surface area (Å²) in [5, 5.41) is 0. The smallest absolute Gasteiger partial charge is 0.119 e. The van der Waals surface area contributed by atoms with E-state index < -0.39 is 0 Å². The summed E-state index contributed by atoms with van der Waals surface area (Å²) in [6, 6.07) is 9.04. The van der Waals surface area contributed by atoms with E-state index in [2.05, 4.69) is 38.1 Å². The average molecular weight is 497 g/mol. The van der Waals surface area contributed by atoms with Gasteiger partial charge in [0.1, 0.15) is 5.75 Å². The molecule has 2 aliphatic carbocycles. The topological polar surface area (TPSA) is 9.23 Å². The van der Waals surface area contributed by atoms with Crippen LogP contribution in [0.4, 0.5) is 0 Å². The number of benzene rings is 1. The molecule has 0 saturated heterocycles. The second-order valence-corrected chi connectivity index (χ2v) is 12.6. The van der Waals surface area contributed by atoms with Crippen molar-refractivity contribution in [3.05, 3.63) is 29.8 Å². The first-order chi connectivity index (χ1) is 17.8. The molecule has 1 aromatic rings. The Morgan fingerprint density at radius 1 is 0.583 bits per heavy atom. The van der Waals surface area contributed by atoms with Crippen LogP contribution < -0.4 is 4.74 Å². The molecule has 3 rings (SSSR count). The minimum atomic E-state index is 0.887. The van der Waals surface area contributed by atoms with Crippen LogP contribution in [0.2, 0.25) is 0 Å². The van der Waals surface area contributed by atoms with Gasteiger partial charge in [-0.15, -0.1) is 0 Å². The molecule has 0 aliphatic heterocycles. The summed E-state index contributed by atoms with van der Waals surface area (Å²) in [7, 11) is 0. The van der Waals surface area contributed by atoms with Gasteiger partial charge in [-0.25, -0.2) is 0 Å². The lowest BCUT2D eigenvalue weighted by atomic mass is 9.74. The second-order valence-electron chi connectivity index (χ2n) is 12.6. The lowest BCUT2D eigenvalue weighted by Gasteiger charge is -2.31. The Morgan fingerprint density at radius 3 is 1.69 bits per heavy atom. The summed E-state index contributed by atoms with van der Waals surface area (Å²) >= 11 is 0. The molecule has 1 heteroatoms. The van der Waals surface area contributed by atoms with Crippen LogP contribution >= 0.6 is 0 Å². The van der Waals surface area contributed by atoms with Gasteiger partial charge in [0.15, 0.2) is 0 Å². The molecule has 0 bridgehead atoms. The standard InChI is InChI=1S/C35H60O/c1-3-5-7-14-30-21-23-31(24-22-30)15-9-10-16-32-25-27-35(28-26-32)36-29-13-20-34-19-12-11-18-33(34)17-8-6-4-2/h25-28,30-31,33-34H,3-24,29H2,1-2H3. The van der Waals surface area contributed by atoms with Gasteiger partial charge in [0, 0.05) is 0 Å². The number of hydrogen-bond acceptors (Lipinski definition) is 1. The van der Waals surface area contributed by atoms with E-state index in [1.54, 1.807) is 0 Å². The maximum absolute atomic E-state index is 6.13. The third-order valence-corrected chi connectivity index (χ3v) is 9.67. The predicted octanol–water partition coefficient (Wildman–Crippen LogP) is 11.3. The van der Waals surface area contributed by atoms with Crippen LogP contribution in [0.5, 0.6) is 5.75 Å². The molecule has 1 aromatic carbocycles. The van der Waals surface area contributed by atoms with Crippen LogP contribution in [0.15, 0.2) is 24.3 Å². The van der Waals surface area contributed by atoms with E-state index in [0.717, 1.165) is 36.0 Å². The van der Waals surface area contributed by atoms with E-state index in [9.17, 15) is 0 Å². The van der Waals surface area contributed by atoms with Gasteiger partial charge in [-0.2, -0.15) is 0 Å². The fourth-order valence-corrected chi connectivity index (χ4v) is 7.24. The zero-order chi connectivity index (χ0) is 25.3. The van der Waals surface area contributed by atoms with Crippen molar-refractivity contribution >= 4 is 0 Å². The van der Waals surface area contributed by atoms with Gasteiger partial charge in [0.25, 0.3) is 0 Å². The van der Waals surface area contributed by atoms with Crippen LogP contribution in [0.1, 0.15) is 154 Å². The number of hydrogen-bond donors (Lipinski definition) is 0. The van der Waals surface area contributed by atoms with E-state index in [4.69, 9.17) is 4.74 Å². The third-order valence-electron chi connectivity index (χ3n) is 9.67. The van der Waals surface area contributed by atoms with Gasteiger partial charge in [0.05, 0.1) is 6.61 Å². The van der Waals surface area contributed by atoms with E-state index >= 15 is 0 Å². The highest BCUT2D eigenvalue weighted by atomic mass is 16.5. The Bertz CT molecular complexity index is 641. The summed E-state index contributed by atoms with van der Waals surface area (Å²) in [6.07, 6.45) is 31.4. The van der Waals surface area contributed by atoms with Crippen molar-refractivity contribution < 1.29 is 4.74 Å². The van der Waals surface area contributed by atoms with Gasteiger partial charge in [0.2, 0.25) is 0 Å². The molecule has 2 fully saturated rings. The Morgan fingerprint density at radius 2 is 1.11 bits per heavy atom. The molecule has 0 radical (unpaired) electrons. The fourth-order valence-electron chi connectivity index (χ4n) is 7.24. The molecule has 0 heterocycles. The normalized spacial score (nSPS) is 24.6. The van der Waals surface area contributed by atoms with Crippen molar-refractivity contribution in [2.24, 2.45) is 23.7 Å². The lowest BCUT2D eigenvalue weighted by molar-refractivity contribution is 0.190. The van der Waals surface area contributed by atoms with E-state index in [-0.39, 0.29) is 0 Å². The van der Waals surface area contributed by atoms with Gasteiger partial charge < -0.3 is 4.74 Å². The zero-order valence-corrected chi connectivity index (χ0v) is 24.3. The van der Waals surface area contributed by atoms with E-state index in [1.165, 1.54) is 147 Å². The minimum Gasteiger partial charge on any atom is -0.494 e. The molecule has 206 valence electrons. The largest absolute Gasteiger partial charge is 0.494 e.